The number of piperidine rings is 1. The van der Waals surface area contributed by atoms with Gasteiger partial charge < -0.3 is 15.1 Å². The molecule has 0 saturated carbocycles. The zero-order valence-electron chi connectivity index (χ0n) is 12.5. The van der Waals surface area contributed by atoms with Crippen LogP contribution in [0.15, 0.2) is 24.3 Å². The van der Waals surface area contributed by atoms with E-state index in [0.29, 0.717) is 6.54 Å². The molecule has 21 heavy (non-hydrogen) atoms. The average Bonchev–Trinajstić information content (AvgIpc) is 2.49. The van der Waals surface area contributed by atoms with Crippen LogP contribution in [0.1, 0.15) is 18.4 Å². The van der Waals surface area contributed by atoms with Gasteiger partial charge in [0.2, 0.25) is 0 Å². The Hall–Kier alpha value is -1.59. The molecule has 1 saturated heterocycles. The topological polar surface area (TPSA) is 64.0 Å². The number of nitrogens with zero attached hydrogens (tertiary/aromatic N) is 2. The predicted molar refractivity (Wildman–Crippen MR) is 82.4 cm³/mol. The molecule has 5 heteroatoms. The second-order valence-electron chi connectivity index (χ2n) is 5.70. The van der Waals surface area contributed by atoms with Crippen LogP contribution in [-0.2, 0) is 11.3 Å². The van der Waals surface area contributed by atoms with E-state index in [1.807, 2.05) is 11.9 Å². The highest BCUT2D eigenvalue weighted by atomic mass is 16.4. The van der Waals surface area contributed by atoms with Crippen molar-refractivity contribution in [2.24, 2.45) is 5.92 Å². The summed E-state index contributed by atoms with van der Waals surface area (Å²) in [5.41, 5.74) is 2.34. The first-order valence-corrected chi connectivity index (χ1v) is 7.46. The second-order valence-corrected chi connectivity index (χ2v) is 5.70. The van der Waals surface area contributed by atoms with Gasteiger partial charge in [0.15, 0.2) is 0 Å². The predicted octanol–water partition coefficient (Wildman–Crippen LogP) is 1.41. The van der Waals surface area contributed by atoms with Crippen LogP contribution in [0.4, 0.5) is 5.69 Å². The summed E-state index contributed by atoms with van der Waals surface area (Å²) in [6, 6.07) is 8.34. The zero-order valence-corrected chi connectivity index (χ0v) is 12.5. The molecule has 0 bridgehead atoms. The molecule has 0 radical (unpaired) electrons. The minimum atomic E-state index is -0.661. The van der Waals surface area contributed by atoms with Crippen LogP contribution >= 0.6 is 0 Å². The number of anilines is 1. The molecule has 0 amide bonds. The van der Waals surface area contributed by atoms with Gasteiger partial charge in [0.05, 0.1) is 12.5 Å². The van der Waals surface area contributed by atoms with Gasteiger partial charge in [-0.1, -0.05) is 12.1 Å². The minimum absolute atomic E-state index is 0.150. The maximum Gasteiger partial charge on any atom is 0.306 e. The summed E-state index contributed by atoms with van der Waals surface area (Å²) in [7, 11) is 1.96. The molecule has 1 aliphatic heterocycles. The number of benzene rings is 1. The van der Waals surface area contributed by atoms with E-state index in [1.54, 1.807) is 0 Å². The molecule has 1 aliphatic rings. The second kappa shape index (κ2) is 7.43. The number of hydrogen-bond acceptors (Lipinski definition) is 4. The number of hydrogen-bond donors (Lipinski definition) is 2. The van der Waals surface area contributed by atoms with Gasteiger partial charge in [-0.3, -0.25) is 9.69 Å². The van der Waals surface area contributed by atoms with E-state index in [-0.39, 0.29) is 12.5 Å². The van der Waals surface area contributed by atoms with Gasteiger partial charge in [-0.15, -0.1) is 0 Å². The Kier molecular flexibility index (Phi) is 5.59. The standard InChI is InChI=1S/C16H24N2O3/c1-17(10-11-19)15-4-2-13(3-5-15)12-18-8-6-14(7-9-18)16(20)21/h2-5,14,19H,6-12H2,1H3,(H,20,21). The molecule has 1 aromatic rings. The van der Waals surface area contributed by atoms with Crippen molar-refractivity contribution in [3.05, 3.63) is 29.8 Å². The summed E-state index contributed by atoms with van der Waals surface area (Å²) < 4.78 is 0. The van der Waals surface area contributed by atoms with E-state index in [0.717, 1.165) is 38.2 Å². The van der Waals surface area contributed by atoms with Gasteiger partial charge in [-0.25, -0.2) is 0 Å². The molecule has 2 rings (SSSR count). The molecule has 0 unspecified atom stereocenters. The zero-order chi connectivity index (χ0) is 15.2. The molecule has 2 N–H and O–H groups in total. The lowest BCUT2D eigenvalue weighted by molar-refractivity contribution is -0.143. The highest BCUT2D eigenvalue weighted by molar-refractivity contribution is 5.70. The van der Waals surface area contributed by atoms with Crippen molar-refractivity contribution in [1.29, 1.82) is 0 Å². The first-order chi connectivity index (χ1) is 10.1. The molecule has 1 heterocycles. The summed E-state index contributed by atoms with van der Waals surface area (Å²) >= 11 is 0. The molecule has 1 aromatic carbocycles. The van der Waals surface area contributed by atoms with Gasteiger partial charge in [-0.2, -0.15) is 0 Å². The van der Waals surface area contributed by atoms with E-state index in [2.05, 4.69) is 29.2 Å². The normalized spacial score (nSPS) is 16.9. The van der Waals surface area contributed by atoms with Crippen LogP contribution in [0.2, 0.25) is 0 Å². The van der Waals surface area contributed by atoms with E-state index < -0.39 is 5.97 Å². The number of aliphatic carboxylic acids is 1. The van der Waals surface area contributed by atoms with Gasteiger partial charge in [0, 0.05) is 25.8 Å². The number of likely N-dealkylation sites (N-methyl/N-ethyl adjacent to an activating group) is 1. The monoisotopic (exact) mass is 292 g/mol. The van der Waals surface area contributed by atoms with Crippen LogP contribution in [-0.4, -0.2) is 54.4 Å². The quantitative estimate of drug-likeness (QED) is 0.830. The molecule has 0 aliphatic carbocycles. The third-order valence-corrected chi connectivity index (χ3v) is 4.16. The Labute approximate surface area is 125 Å². The Balaban J connectivity index is 1.85. The van der Waals surface area contributed by atoms with Gasteiger partial charge in [0.25, 0.3) is 0 Å². The highest BCUT2D eigenvalue weighted by Gasteiger charge is 2.24. The van der Waals surface area contributed by atoms with Crippen LogP contribution in [0.5, 0.6) is 0 Å². The molecule has 1 fully saturated rings. The largest absolute Gasteiger partial charge is 0.481 e. The third-order valence-electron chi connectivity index (χ3n) is 4.16. The number of carboxylic acids is 1. The lowest BCUT2D eigenvalue weighted by Gasteiger charge is -2.30. The number of aliphatic hydroxyl groups excluding tert-OH is 1. The van der Waals surface area contributed by atoms with Gasteiger partial charge >= 0.3 is 5.97 Å². The van der Waals surface area contributed by atoms with Crippen LogP contribution in [0.25, 0.3) is 0 Å². The number of carboxylic acid groups (broad SMARTS) is 1. The minimum Gasteiger partial charge on any atom is -0.481 e. The van der Waals surface area contributed by atoms with Crippen LogP contribution in [0.3, 0.4) is 0 Å². The number of carbonyl (C=O) groups is 1. The molecule has 0 spiro atoms. The SMILES string of the molecule is CN(CCO)c1ccc(CN2CCC(C(=O)O)CC2)cc1. The summed E-state index contributed by atoms with van der Waals surface area (Å²) in [6.45, 7) is 3.35. The molecular weight excluding hydrogens is 268 g/mol. The first kappa shape index (κ1) is 15.8. The lowest BCUT2D eigenvalue weighted by Crippen LogP contribution is -2.35. The van der Waals surface area contributed by atoms with Crippen LogP contribution < -0.4 is 4.90 Å². The van der Waals surface area contributed by atoms with E-state index >= 15 is 0 Å². The molecule has 0 aromatic heterocycles. The van der Waals surface area contributed by atoms with E-state index in [9.17, 15) is 4.79 Å². The fraction of sp³-hybridized carbons (Fsp3) is 0.562. The van der Waals surface area contributed by atoms with Gasteiger partial charge in [0.1, 0.15) is 0 Å². The highest BCUT2D eigenvalue weighted by Crippen LogP contribution is 2.20. The summed E-state index contributed by atoms with van der Waals surface area (Å²) in [4.78, 5) is 15.3. The fourth-order valence-electron chi connectivity index (χ4n) is 2.73. The smallest absolute Gasteiger partial charge is 0.306 e. The molecule has 5 nitrogen and oxygen atoms in total. The van der Waals surface area contributed by atoms with Gasteiger partial charge in [-0.05, 0) is 43.6 Å². The number of likely N-dealkylation sites (tertiary alicyclic amines) is 1. The average molecular weight is 292 g/mol. The third kappa shape index (κ3) is 4.44. The fourth-order valence-corrected chi connectivity index (χ4v) is 2.73. The summed E-state index contributed by atoms with van der Waals surface area (Å²) in [5.74, 6) is -0.832. The summed E-state index contributed by atoms with van der Waals surface area (Å²) in [5, 5.41) is 17.9. The molecule has 0 atom stereocenters. The Morgan fingerprint density at radius 1 is 1.29 bits per heavy atom. The van der Waals surface area contributed by atoms with Crippen molar-refractivity contribution in [3.8, 4) is 0 Å². The van der Waals surface area contributed by atoms with Crippen molar-refractivity contribution in [3.63, 3.8) is 0 Å². The first-order valence-electron chi connectivity index (χ1n) is 7.46. The lowest BCUT2D eigenvalue weighted by atomic mass is 9.97. The number of aliphatic hydroxyl groups is 1. The maximum absolute atomic E-state index is 10.9. The molecule has 116 valence electrons. The van der Waals surface area contributed by atoms with Crippen molar-refractivity contribution >= 4 is 11.7 Å². The Bertz CT molecular complexity index is 453. The maximum atomic E-state index is 10.9. The van der Waals surface area contributed by atoms with E-state index in [1.165, 1.54) is 5.56 Å². The summed E-state index contributed by atoms with van der Waals surface area (Å²) in [6.07, 6.45) is 1.49. The molecular formula is C16H24N2O3. The van der Waals surface area contributed by atoms with Crippen LogP contribution in [0, 0.1) is 5.92 Å². The van der Waals surface area contributed by atoms with E-state index in [4.69, 9.17) is 10.2 Å². The number of rotatable bonds is 6. The van der Waals surface area contributed by atoms with Crippen molar-refractivity contribution in [2.75, 3.05) is 38.2 Å². The van der Waals surface area contributed by atoms with Crippen molar-refractivity contribution in [2.45, 2.75) is 19.4 Å². The van der Waals surface area contributed by atoms with Crippen molar-refractivity contribution in [1.82, 2.24) is 4.90 Å². The Morgan fingerprint density at radius 3 is 2.43 bits per heavy atom. The Morgan fingerprint density at radius 2 is 1.90 bits per heavy atom. The van der Waals surface area contributed by atoms with Crippen molar-refractivity contribution < 1.29 is 15.0 Å².